The van der Waals surface area contributed by atoms with E-state index >= 15 is 0 Å². The molecular weight excluding hydrogens is 282 g/mol. The maximum atomic E-state index is 6.25. The highest BCUT2D eigenvalue weighted by Crippen LogP contribution is 2.43. The third-order valence-electron chi connectivity index (χ3n) is 5.31. The normalized spacial score (nSPS) is 37.5. The van der Waals surface area contributed by atoms with Gasteiger partial charge < -0.3 is 9.64 Å². The molecule has 2 atom stereocenters. The predicted molar refractivity (Wildman–Crippen MR) is 79.1 cm³/mol. The standard InChI is InChI=1S/C14H19N7O/c15-12-20(13-17-11-7-16-3-6-21(11)18-13)9-14(22-12)8-19-4-1-10(14)2-5-19/h3,6-7,10,12H,1-2,4-5,8-9,15H2. The molecule has 4 fully saturated rings. The van der Waals surface area contributed by atoms with Crippen LogP contribution in [-0.4, -0.2) is 62.6 Å². The second-order valence-corrected chi connectivity index (χ2v) is 6.54. The number of hydrogen-bond acceptors (Lipinski definition) is 7. The van der Waals surface area contributed by atoms with Gasteiger partial charge in [0, 0.05) is 18.9 Å². The third-order valence-corrected chi connectivity index (χ3v) is 5.31. The summed E-state index contributed by atoms with van der Waals surface area (Å²) in [7, 11) is 0. The summed E-state index contributed by atoms with van der Waals surface area (Å²) in [6.45, 7) is 4.10. The third kappa shape index (κ3) is 1.71. The van der Waals surface area contributed by atoms with Gasteiger partial charge in [-0.25, -0.2) is 4.52 Å². The smallest absolute Gasteiger partial charge is 0.248 e. The van der Waals surface area contributed by atoms with Crippen molar-refractivity contribution in [2.75, 3.05) is 31.1 Å². The molecule has 1 spiro atoms. The Bertz CT molecular complexity index is 677. The van der Waals surface area contributed by atoms with Crippen LogP contribution < -0.4 is 10.6 Å². The number of nitrogens with zero attached hydrogens (tertiary/aromatic N) is 6. The van der Waals surface area contributed by atoms with Crippen molar-refractivity contribution in [2.45, 2.75) is 24.8 Å². The Kier molecular flexibility index (Phi) is 2.53. The summed E-state index contributed by atoms with van der Waals surface area (Å²) in [5.74, 6) is 1.21. The Balaban J connectivity index is 1.48. The molecule has 116 valence electrons. The molecule has 4 saturated heterocycles. The summed E-state index contributed by atoms with van der Waals surface area (Å²) in [4.78, 5) is 13.1. The Morgan fingerprint density at radius 1 is 1.27 bits per heavy atom. The molecule has 8 nitrogen and oxygen atoms in total. The van der Waals surface area contributed by atoms with Crippen molar-refractivity contribution >= 4 is 11.6 Å². The molecule has 22 heavy (non-hydrogen) atoms. The van der Waals surface area contributed by atoms with Gasteiger partial charge in [-0.3, -0.25) is 15.6 Å². The Hall–Kier alpha value is -1.77. The van der Waals surface area contributed by atoms with Gasteiger partial charge in [0.25, 0.3) is 0 Å². The summed E-state index contributed by atoms with van der Waals surface area (Å²) < 4.78 is 7.96. The van der Waals surface area contributed by atoms with Gasteiger partial charge in [-0.05, 0) is 31.8 Å². The lowest BCUT2D eigenvalue weighted by atomic mass is 9.75. The molecule has 2 N–H and O–H groups in total. The molecule has 2 aromatic heterocycles. The molecule has 0 radical (unpaired) electrons. The quantitative estimate of drug-likeness (QED) is 0.772. The molecule has 8 heteroatoms. The van der Waals surface area contributed by atoms with Crippen LogP contribution in [0.4, 0.5) is 5.95 Å². The van der Waals surface area contributed by atoms with Gasteiger partial charge in [-0.2, -0.15) is 4.98 Å². The van der Waals surface area contributed by atoms with Gasteiger partial charge >= 0.3 is 0 Å². The lowest BCUT2D eigenvalue weighted by molar-refractivity contribution is -0.137. The number of rotatable bonds is 1. The van der Waals surface area contributed by atoms with Crippen molar-refractivity contribution in [3.8, 4) is 0 Å². The maximum absolute atomic E-state index is 6.25. The van der Waals surface area contributed by atoms with Crippen LogP contribution in [0.3, 0.4) is 0 Å². The van der Waals surface area contributed by atoms with E-state index in [9.17, 15) is 0 Å². The highest BCUT2D eigenvalue weighted by atomic mass is 16.6. The first-order valence-electron chi connectivity index (χ1n) is 7.82. The first-order chi connectivity index (χ1) is 10.7. The molecule has 6 rings (SSSR count). The Morgan fingerprint density at radius 3 is 2.86 bits per heavy atom. The molecule has 4 aliphatic rings. The zero-order chi connectivity index (χ0) is 14.7. The van der Waals surface area contributed by atoms with Crippen molar-refractivity contribution in [1.29, 1.82) is 0 Å². The fourth-order valence-electron chi connectivity index (χ4n) is 4.20. The number of nitrogens with two attached hydrogens (primary N) is 1. The molecule has 0 aliphatic carbocycles. The first kappa shape index (κ1) is 12.7. The van der Waals surface area contributed by atoms with Crippen LogP contribution in [0.5, 0.6) is 0 Å². The molecular formula is C14H19N7O. The van der Waals surface area contributed by atoms with Gasteiger partial charge in [0.15, 0.2) is 12.0 Å². The predicted octanol–water partition coefficient (Wildman–Crippen LogP) is -0.332. The minimum absolute atomic E-state index is 0.161. The van der Waals surface area contributed by atoms with Crippen molar-refractivity contribution in [3.63, 3.8) is 0 Å². The van der Waals surface area contributed by atoms with E-state index in [4.69, 9.17) is 10.5 Å². The van der Waals surface area contributed by atoms with Crippen LogP contribution in [-0.2, 0) is 4.74 Å². The van der Waals surface area contributed by atoms with Crippen LogP contribution in [0, 0.1) is 5.92 Å². The molecule has 6 heterocycles. The summed E-state index contributed by atoms with van der Waals surface area (Å²) in [6.07, 6.45) is 7.10. The van der Waals surface area contributed by atoms with Gasteiger partial charge in [0.05, 0.1) is 12.7 Å². The van der Waals surface area contributed by atoms with Gasteiger partial charge in [-0.15, -0.1) is 5.10 Å². The summed E-state index contributed by atoms with van der Waals surface area (Å²) in [5, 5.41) is 4.50. The minimum Gasteiger partial charge on any atom is -0.335 e. The van der Waals surface area contributed by atoms with Crippen LogP contribution in [0.15, 0.2) is 18.6 Å². The van der Waals surface area contributed by atoms with E-state index in [0.717, 1.165) is 18.7 Å². The van der Waals surface area contributed by atoms with E-state index in [0.29, 0.717) is 11.9 Å². The number of ether oxygens (including phenoxy) is 1. The van der Waals surface area contributed by atoms with Crippen molar-refractivity contribution < 1.29 is 4.74 Å². The molecule has 2 unspecified atom stereocenters. The lowest BCUT2D eigenvalue weighted by Gasteiger charge is -2.50. The largest absolute Gasteiger partial charge is 0.335 e. The highest BCUT2D eigenvalue weighted by molar-refractivity contribution is 5.44. The van der Waals surface area contributed by atoms with Crippen LogP contribution in [0.25, 0.3) is 5.65 Å². The summed E-state index contributed by atoms with van der Waals surface area (Å²) >= 11 is 0. The number of anilines is 1. The van der Waals surface area contributed by atoms with Crippen LogP contribution >= 0.6 is 0 Å². The Labute approximate surface area is 127 Å². The minimum atomic E-state index is -0.481. The number of piperidine rings is 3. The second-order valence-electron chi connectivity index (χ2n) is 6.54. The fourth-order valence-corrected chi connectivity index (χ4v) is 4.20. The lowest BCUT2D eigenvalue weighted by Crippen LogP contribution is -2.61. The SMILES string of the molecule is NC1OC2(CN3CCC2CC3)CN1c1nc2cnccn2n1. The topological polar surface area (TPSA) is 84.8 Å². The molecule has 2 bridgehead atoms. The van der Waals surface area contributed by atoms with E-state index in [-0.39, 0.29) is 5.60 Å². The molecule has 2 aromatic rings. The Morgan fingerprint density at radius 2 is 2.14 bits per heavy atom. The van der Waals surface area contributed by atoms with E-state index in [1.807, 2.05) is 4.90 Å². The number of fused-ring (bicyclic) bond motifs is 3. The average molecular weight is 301 g/mol. The molecule has 0 amide bonds. The zero-order valence-corrected chi connectivity index (χ0v) is 12.3. The van der Waals surface area contributed by atoms with Gasteiger partial charge in [0.2, 0.25) is 5.95 Å². The average Bonchev–Trinajstić information content (AvgIpc) is 3.09. The van der Waals surface area contributed by atoms with E-state index < -0.39 is 6.35 Å². The maximum Gasteiger partial charge on any atom is 0.248 e. The second kappa shape index (κ2) is 4.37. The fraction of sp³-hybridized carbons (Fsp3) is 0.643. The molecule has 0 aromatic carbocycles. The van der Waals surface area contributed by atoms with Crippen molar-refractivity contribution in [3.05, 3.63) is 18.6 Å². The highest BCUT2D eigenvalue weighted by Gasteiger charge is 2.54. The van der Waals surface area contributed by atoms with Gasteiger partial charge in [0.1, 0.15) is 5.60 Å². The van der Waals surface area contributed by atoms with E-state index in [1.165, 1.54) is 25.9 Å². The molecule has 0 saturated carbocycles. The number of aromatic nitrogens is 4. The monoisotopic (exact) mass is 301 g/mol. The summed E-state index contributed by atoms with van der Waals surface area (Å²) in [6, 6.07) is 0. The zero-order valence-electron chi connectivity index (χ0n) is 12.3. The van der Waals surface area contributed by atoms with E-state index in [1.54, 1.807) is 23.1 Å². The van der Waals surface area contributed by atoms with Crippen molar-refractivity contribution in [2.24, 2.45) is 11.7 Å². The van der Waals surface area contributed by atoms with Gasteiger partial charge in [-0.1, -0.05) is 0 Å². The van der Waals surface area contributed by atoms with Crippen LogP contribution in [0.2, 0.25) is 0 Å². The first-order valence-corrected chi connectivity index (χ1v) is 7.82. The molecule has 4 aliphatic heterocycles. The van der Waals surface area contributed by atoms with Crippen molar-refractivity contribution in [1.82, 2.24) is 24.5 Å². The number of hydrogen-bond donors (Lipinski definition) is 1. The van der Waals surface area contributed by atoms with E-state index in [2.05, 4.69) is 20.0 Å². The van der Waals surface area contributed by atoms with Crippen LogP contribution in [0.1, 0.15) is 12.8 Å². The summed E-state index contributed by atoms with van der Waals surface area (Å²) in [5.41, 5.74) is 6.81.